The van der Waals surface area contributed by atoms with Gasteiger partial charge in [0.15, 0.2) is 0 Å². The van der Waals surface area contributed by atoms with Crippen molar-refractivity contribution < 1.29 is 41.0 Å². The number of piperidine rings is 1. The predicted molar refractivity (Wildman–Crippen MR) is 116 cm³/mol. The molecule has 1 fully saturated rings. The number of likely N-dealkylation sites (tertiary alicyclic amines) is 1. The Morgan fingerprint density at radius 1 is 1.23 bits per heavy atom. The van der Waals surface area contributed by atoms with Gasteiger partial charge in [0.2, 0.25) is 5.91 Å². The zero-order valence-corrected chi connectivity index (χ0v) is 18.9. The van der Waals surface area contributed by atoms with Crippen LogP contribution in [0, 0.1) is 5.92 Å². The molecule has 0 saturated carbocycles. The molecule has 2 aliphatic heterocycles. The second-order valence-electron chi connectivity index (χ2n) is 8.12. The number of hydrogen-bond donors (Lipinski definition) is 3. The highest BCUT2D eigenvalue weighted by molar-refractivity contribution is 8.18. The van der Waals surface area contributed by atoms with Gasteiger partial charge in [-0.3, -0.25) is 14.5 Å². The number of nitrogens with zero attached hydrogens (tertiary/aromatic N) is 2. The van der Waals surface area contributed by atoms with Crippen molar-refractivity contribution in [1.82, 2.24) is 10.2 Å². The fourth-order valence-electron chi connectivity index (χ4n) is 3.79. The van der Waals surface area contributed by atoms with E-state index in [2.05, 4.69) is 10.3 Å². The second kappa shape index (κ2) is 10.6. The lowest BCUT2D eigenvalue weighted by Crippen LogP contribution is -2.46. The first-order valence-electron chi connectivity index (χ1n) is 10.5. The number of amidine groups is 1. The number of aliphatic imine (C=N–C) groups is 1. The first-order chi connectivity index (χ1) is 16.3. The van der Waals surface area contributed by atoms with E-state index >= 15 is 0 Å². The zero-order chi connectivity index (χ0) is 26.0. The normalized spacial score (nSPS) is 20.3. The third-order valence-electron chi connectivity index (χ3n) is 5.63. The summed E-state index contributed by atoms with van der Waals surface area (Å²) in [5, 5.41) is 11.4. The van der Waals surface area contributed by atoms with Crippen LogP contribution in [-0.2, 0) is 23.7 Å². The van der Waals surface area contributed by atoms with Gasteiger partial charge in [-0.15, -0.1) is 0 Å². The van der Waals surface area contributed by atoms with Crippen molar-refractivity contribution in [3.05, 3.63) is 45.9 Å². The first-order valence-corrected chi connectivity index (χ1v) is 11.3. The van der Waals surface area contributed by atoms with Crippen LogP contribution in [0.15, 0.2) is 34.2 Å². The van der Waals surface area contributed by atoms with E-state index in [9.17, 15) is 41.0 Å². The fraction of sp³-hybridized carbons (Fsp3) is 0.476. The molecule has 0 spiro atoms. The van der Waals surface area contributed by atoms with Crippen molar-refractivity contribution in [2.24, 2.45) is 16.6 Å². The van der Waals surface area contributed by atoms with E-state index in [1.165, 1.54) is 0 Å². The minimum atomic E-state index is -4.92. The van der Waals surface area contributed by atoms with Gasteiger partial charge in [0.05, 0.1) is 22.6 Å². The lowest BCUT2D eigenvalue weighted by atomic mass is 9.95. The van der Waals surface area contributed by atoms with Gasteiger partial charge in [0, 0.05) is 6.54 Å². The summed E-state index contributed by atoms with van der Waals surface area (Å²) >= 11 is 0.835. The Kier molecular flexibility index (Phi) is 8.17. The van der Waals surface area contributed by atoms with Crippen LogP contribution in [-0.4, -0.2) is 52.7 Å². The number of aliphatic hydroxyl groups excluding tert-OH is 1. The summed E-state index contributed by atoms with van der Waals surface area (Å²) in [5.41, 5.74) is 2.28. The van der Waals surface area contributed by atoms with Gasteiger partial charge in [0.1, 0.15) is 11.9 Å². The Morgan fingerprint density at radius 2 is 1.89 bits per heavy atom. The molecule has 0 radical (unpaired) electrons. The van der Waals surface area contributed by atoms with Gasteiger partial charge in [0.25, 0.3) is 0 Å². The molecular weight excluding hydrogens is 502 g/mol. The van der Waals surface area contributed by atoms with Gasteiger partial charge in [-0.25, -0.2) is 0 Å². The molecule has 7 nitrogen and oxygen atoms in total. The molecule has 192 valence electrons. The van der Waals surface area contributed by atoms with E-state index in [0.717, 1.165) is 17.8 Å². The number of amides is 2. The molecule has 1 atom stereocenters. The summed E-state index contributed by atoms with van der Waals surface area (Å²) in [4.78, 5) is 29.0. The lowest BCUT2D eigenvalue weighted by molar-refractivity contribution is -0.143. The van der Waals surface area contributed by atoms with Crippen LogP contribution in [0.5, 0.6) is 0 Å². The fourth-order valence-corrected chi connectivity index (χ4v) is 4.57. The minimum Gasteiger partial charge on any atom is -0.394 e. The number of allylic oxidation sites excluding steroid dienone is 1. The number of primary amides is 1. The zero-order valence-electron chi connectivity index (χ0n) is 18.1. The van der Waals surface area contributed by atoms with Crippen molar-refractivity contribution in [2.75, 3.05) is 19.7 Å². The monoisotopic (exact) mass is 524 g/mol. The van der Waals surface area contributed by atoms with Crippen LogP contribution in [0.3, 0.4) is 0 Å². The Morgan fingerprint density at radius 3 is 2.43 bits per heavy atom. The Hall–Kier alpha value is -2.58. The van der Waals surface area contributed by atoms with Crippen molar-refractivity contribution in [3.8, 4) is 0 Å². The highest BCUT2D eigenvalue weighted by atomic mass is 32.2. The predicted octanol–water partition coefficient (Wildman–Crippen LogP) is 3.52. The molecule has 14 heteroatoms. The topological polar surface area (TPSA) is 108 Å². The van der Waals surface area contributed by atoms with E-state index in [4.69, 9.17) is 5.73 Å². The molecular formula is C21H22F6N4O3S. The van der Waals surface area contributed by atoms with Crippen molar-refractivity contribution in [3.63, 3.8) is 0 Å². The van der Waals surface area contributed by atoms with E-state index in [-0.39, 0.29) is 29.9 Å². The van der Waals surface area contributed by atoms with Crippen LogP contribution in [0.25, 0.3) is 0 Å². The highest BCUT2D eigenvalue weighted by Crippen LogP contribution is 2.38. The van der Waals surface area contributed by atoms with Gasteiger partial charge >= 0.3 is 17.6 Å². The maximum Gasteiger partial charge on any atom is 0.416 e. The third kappa shape index (κ3) is 6.98. The molecule has 2 amide bonds. The largest absolute Gasteiger partial charge is 0.416 e. The van der Waals surface area contributed by atoms with Crippen molar-refractivity contribution >= 4 is 28.7 Å². The number of nitrogens with two attached hydrogens (primary N) is 1. The Balaban J connectivity index is 1.66. The first kappa shape index (κ1) is 27.0. The maximum absolute atomic E-state index is 13.4. The molecule has 1 aromatic rings. The van der Waals surface area contributed by atoms with Crippen LogP contribution >= 0.6 is 11.8 Å². The van der Waals surface area contributed by atoms with Crippen LogP contribution in [0.4, 0.5) is 31.1 Å². The van der Waals surface area contributed by atoms with E-state index in [1.54, 1.807) is 11.0 Å². The van der Waals surface area contributed by atoms with Gasteiger partial charge < -0.3 is 16.2 Å². The number of halogens is 6. The number of carbonyl (C=O) groups is 2. The molecule has 0 unspecified atom stereocenters. The van der Waals surface area contributed by atoms with Crippen molar-refractivity contribution in [2.45, 2.75) is 37.8 Å². The standard InChI is InChI=1S/C21H22F6N4O3S/c22-20(23,24)13-2-1-12(14(8-13)21(25,26)27)9-31-5-3-11(4-6-31)7-16-18(30-19(34)35-16)29-15(10-32)17(28)33/h1-2,7-8,11,15,32H,3-6,9-10H2,(H2,28,33)(H,29,30,34)/b16-7-/t15-/m0/s1. The van der Waals surface area contributed by atoms with Crippen LogP contribution < -0.4 is 11.1 Å². The summed E-state index contributed by atoms with van der Waals surface area (Å²) in [6, 6.07) is 0.526. The maximum atomic E-state index is 13.4. The van der Waals surface area contributed by atoms with Crippen LogP contribution in [0.1, 0.15) is 29.5 Å². The van der Waals surface area contributed by atoms with E-state index in [1.807, 2.05) is 0 Å². The summed E-state index contributed by atoms with van der Waals surface area (Å²) < 4.78 is 78.9. The molecule has 1 saturated heterocycles. The number of rotatable bonds is 6. The molecule has 0 bridgehead atoms. The number of carbonyl (C=O) groups excluding carboxylic acids is 2. The quantitative estimate of drug-likeness (QED) is 0.492. The van der Waals surface area contributed by atoms with Gasteiger partial charge in [-0.2, -0.15) is 31.3 Å². The minimum absolute atomic E-state index is 0.0532. The average molecular weight is 524 g/mol. The number of alkyl halides is 6. The number of benzene rings is 1. The number of aliphatic hydroxyl groups is 1. The summed E-state index contributed by atoms with van der Waals surface area (Å²) in [6.45, 7) is 0.00890. The van der Waals surface area contributed by atoms with Crippen LogP contribution in [0.2, 0.25) is 0 Å². The number of hydrogen-bond acceptors (Lipinski definition) is 6. The summed E-state index contributed by atoms with van der Waals surface area (Å²) in [5.74, 6) is -0.768. The number of nitrogens with one attached hydrogen (secondary N) is 1. The molecule has 1 aromatic carbocycles. The number of thioether (sulfide) groups is 1. The molecule has 35 heavy (non-hydrogen) atoms. The Labute approximate surface area is 200 Å². The summed E-state index contributed by atoms with van der Waals surface area (Å²) in [7, 11) is 0. The molecule has 2 heterocycles. The molecule has 0 aromatic heterocycles. The van der Waals surface area contributed by atoms with E-state index < -0.39 is 47.3 Å². The SMILES string of the molecule is NC(=O)[C@H](CO)NC1=NC(=O)S/C1=C\C1CCN(Cc2ccc(C(F)(F)F)cc2C(F)(F)F)CC1. The Bertz CT molecular complexity index is 1030. The average Bonchev–Trinajstić information content (AvgIpc) is 3.10. The van der Waals surface area contributed by atoms with Gasteiger partial charge in [-0.05, 0) is 61.3 Å². The smallest absolute Gasteiger partial charge is 0.394 e. The molecule has 3 rings (SSSR count). The summed E-state index contributed by atoms with van der Waals surface area (Å²) in [6.07, 6.45) is -6.99. The van der Waals surface area contributed by atoms with Gasteiger partial charge in [-0.1, -0.05) is 12.1 Å². The second-order valence-corrected chi connectivity index (χ2v) is 9.12. The lowest BCUT2D eigenvalue weighted by Gasteiger charge is -2.31. The highest BCUT2D eigenvalue weighted by Gasteiger charge is 2.38. The van der Waals surface area contributed by atoms with E-state index in [0.29, 0.717) is 36.9 Å². The molecule has 0 aliphatic carbocycles. The molecule has 4 N–H and O–H groups in total. The third-order valence-corrected chi connectivity index (χ3v) is 6.44. The molecule has 2 aliphatic rings. The van der Waals surface area contributed by atoms with Crippen molar-refractivity contribution in [1.29, 1.82) is 0 Å².